The lowest BCUT2D eigenvalue weighted by molar-refractivity contribution is -0.116. The third-order valence-corrected chi connectivity index (χ3v) is 5.04. The fraction of sp³-hybridized carbons (Fsp3) is 0.381. The van der Waals surface area contributed by atoms with Crippen LogP contribution in [-0.2, 0) is 16.0 Å². The van der Waals surface area contributed by atoms with E-state index in [0.717, 1.165) is 30.9 Å². The Kier molecular flexibility index (Phi) is 4.91. The van der Waals surface area contributed by atoms with Crippen molar-refractivity contribution in [3.63, 3.8) is 0 Å². The number of ether oxygens (including phenoxy) is 1. The molecule has 2 aromatic carbocycles. The van der Waals surface area contributed by atoms with Crippen molar-refractivity contribution >= 4 is 17.3 Å². The van der Waals surface area contributed by atoms with E-state index in [1.54, 1.807) is 0 Å². The molecule has 0 bridgehead atoms. The van der Waals surface area contributed by atoms with E-state index in [1.165, 1.54) is 5.56 Å². The molecule has 2 aliphatic heterocycles. The predicted octanol–water partition coefficient (Wildman–Crippen LogP) is 2.78. The van der Waals surface area contributed by atoms with E-state index < -0.39 is 0 Å². The summed E-state index contributed by atoms with van der Waals surface area (Å²) in [6.07, 6.45) is 1.33. The van der Waals surface area contributed by atoms with Crippen molar-refractivity contribution in [3.8, 4) is 0 Å². The minimum absolute atomic E-state index is 0.0599. The normalized spacial score (nSPS) is 23.4. The molecule has 5 heteroatoms. The highest BCUT2D eigenvalue weighted by atomic mass is 16.5. The van der Waals surface area contributed by atoms with Crippen molar-refractivity contribution < 1.29 is 9.53 Å². The van der Waals surface area contributed by atoms with Crippen LogP contribution in [0.25, 0.3) is 0 Å². The van der Waals surface area contributed by atoms with Crippen LogP contribution in [0.15, 0.2) is 54.6 Å². The van der Waals surface area contributed by atoms with Crippen LogP contribution < -0.4 is 15.5 Å². The zero-order chi connectivity index (χ0) is 17.9. The van der Waals surface area contributed by atoms with Gasteiger partial charge in [-0.3, -0.25) is 4.79 Å². The summed E-state index contributed by atoms with van der Waals surface area (Å²) in [5.41, 5.74) is 3.18. The van der Waals surface area contributed by atoms with Crippen LogP contribution in [0.1, 0.15) is 18.9 Å². The lowest BCUT2D eigenvalue weighted by atomic mass is 10.1. The summed E-state index contributed by atoms with van der Waals surface area (Å²) in [5.74, 6) is 0.0599. The summed E-state index contributed by atoms with van der Waals surface area (Å²) in [7, 11) is 0. The number of benzene rings is 2. The molecule has 0 spiro atoms. The van der Waals surface area contributed by atoms with Gasteiger partial charge in [-0.05, 0) is 31.0 Å². The van der Waals surface area contributed by atoms with Crippen molar-refractivity contribution in [1.29, 1.82) is 0 Å². The molecule has 1 fully saturated rings. The topological polar surface area (TPSA) is 53.6 Å². The zero-order valence-electron chi connectivity index (χ0n) is 15.0. The summed E-state index contributed by atoms with van der Waals surface area (Å²) in [6.45, 7) is 3.65. The summed E-state index contributed by atoms with van der Waals surface area (Å²) in [4.78, 5) is 14.5. The molecule has 3 atom stereocenters. The molecule has 5 nitrogen and oxygen atoms in total. The molecule has 1 amide bonds. The highest BCUT2D eigenvalue weighted by molar-refractivity contribution is 5.96. The van der Waals surface area contributed by atoms with Crippen LogP contribution in [0.5, 0.6) is 0 Å². The van der Waals surface area contributed by atoms with Gasteiger partial charge in [-0.15, -0.1) is 0 Å². The Morgan fingerprint density at radius 2 is 1.88 bits per heavy atom. The van der Waals surface area contributed by atoms with Crippen LogP contribution in [-0.4, -0.2) is 37.4 Å². The molecule has 4 rings (SSSR count). The van der Waals surface area contributed by atoms with Gasteiger partial charge in [-0.1, -0.05) is 42.5 Å². The van der Waals surface area contributed by atoms with Gasteiger partial charge in [0, 0.05) is 19.5 Å². The molecule has 2 N–H and O–H groups in total. The van der Waals surface area contributed by atoms with E-state index in [2.05, 4.69) is 52.8 Å². The van der Waals surface area contributed by atoms with Gasteiger partial charge >= 0.3 is 0 Å². The first kappa shape index (κ1) is 17.1. The van der Waals surface area contributed by atoms with Crippen molar-refractivity contribution in [1.82, 2.24) is 5.32 Å². The molecule has 2 heterocycles. The molecule has 0 aromatic heterocycles. The standard InChI is InChI=1S/C21H25N3O2/c1-15(11-16-7-3-2-4-8-16)26-21-14-22-13-17-12-20(25)23-18-9-5-6-10-19(18)24(17)21/h2-10,15,17,21-22H,11-14H2,1H3,(H,23,25)/t15-,17?,21?/m0/s1. The second kappa shape index (κ2) is 7.48. The van der Waals surface area contributed by atoms with E-state index in [0.29, 0.717) is 6.42 Å². The minimum Gasteiger partial charge on any atom is -0.354 e. The number of anilines is 2. The molecular weight excluding hydrogens is 326 g/mol. The fourth-order valence-corrected chi connectivity index (χ4v) is 3.92. The largest absolute Gasteiger partial charge is 0.354 e. The van der Waals surface area contributed by atoms with E-state index in [4.69, 9.17) is 4.74 Å². The van der Waals surface area contributed by atoms with Crippen LogP contribution >= 0.6 is 0 Å². The number of nitrogens with one attached hydrogen (secondary N) is 2. The maximum Gasteiger partial charge on any atom is 0.226 e. The number of para-hydroxylation sites is 2. The second-order valence-electron chi connectivity index (χ2n) is 7.08. The first-order valence-electron chi connectivity index (χ1n) is 9.28. The Labute approximate surface area is 154 Å². The van der Waals surface area contributed by atoms with E-state index in [-0.39, 0.29) is 24.3 Å². The molecular formula is C21H25N3O2. The van der Waals surface area contributed by atoms with Crippen molar-refractivity contribution in [2.45, 2.75) is 38.1 Å². The number of amides is 1. The van der Waals surface area contributed by atoms with E-state index in [1.807, 2.05) is 24.3 Å². The average Bonchev–Trinajstić information content (AvgIpc) is 2.78. The van der Waals surface area contributed by atoms with E-state index in [9.17, 15) is 4.79 Å². The Hall–Kier alpha value is -2.37. The van der Waals surface area contributed by atoms with Crippen molar-refractivity contribution in [3.05, 3.63) is 60.2 Å². The van der Waals surface area contributed by atoms with Crippen LogP contribution in [0.4, 0.5) is 11.4 Å². The van der Waals surface area contributed by atoms with Crippen molar-refractivity contribution in [2.75, 3.05) is 23.3 Å². The monoisotopic (exact) mass is 351 g/mol. The summed E-state index contributed by atoms with van der Waals surface area (Å²) in [6, 6.07) is 18.5. The van der Waals surface area contributed by atoms with Crippen LogP contribution in [0, 0.1) is 0 Å². The molecule has 2 unspecified atom stereocenters. The van der Waals surface area contributed by atoms with Gasteiger partial charge in [0.15, 0.2) is 0 Å². The number of hydrogen-bond acceptors (Lipinski definition) is 4. The molecule has 1 saturated heterocycles. The van der Waals surface area contributed by atoms with Gasteiger partial charge < -0.3 is 20.3 Å². The number of carbonyl (C=O) groups excluding carboxylic acids is 1. The molecule has 0 aliphatic carbocycles. The first-order chi connectivity index (χ1) is 12.7. The number of rotatable bonds is 4. The van der Waals surface area contributed by atoms with Gasteiger partial charge in [-0.25, -0.2) is 0 Å². The molecule has 2 aliphatic rings. The summed E-state index contributed by atoms with van der Waals surface area (Å²) < 4.78 is 6.44. The lowest BCUT2D eigenvalue weighted by Crippen LogP contribution is -2.59. The van der Waals surface area contributed by atoms with Crippen molar-refractivity contribution in [2.24, 2.45) is 0 Å². The smallest absolute Gasteiger partial charge is 0.226 e. The van der Waals surface area contributed by atoms with Gasteiger partial charge in [-0.2, -0.15) is 0 Å². The maximum atomic E-state index is 12.3. The molecule has 0 radical (unpaired) electrons. The zero-order valence-corrected chi connectivity index (χ0v) is 15.0. The molecule has 136 valence electrons. The summed E-state index contributed by atoms with van der Waals surface area (Å²) in [5, 5.41) is 6.46. The minimum atomic E-state index is -0.0960. The highest BCUT2D eigenvalue weighted by Crippen LogP contribution is 2.34. The van der Waals surface area contributed by atoms with E-state index >= 15 is 0 Å². The Bertz CT molecular complexity index is 765. The first-order valence-corrected chi connectivity index (χ1v) is 9.28. The SMILES string of the molecule is C[C@@H](Cc1ccccc1)OC1CNCC2CC(=O)Nc3ccccc3N21. The second-order valence-corrected chi connectivity index (χ2v) is 7.08. The van der Waals surface area contributed by atoms with Gasteiger partial charge in [0.2, 0.25) is 5.91 Å². The fourth-order valence-electron chi connectivity index (χ4n) is 3.92. The van der Waals surface area contributed by atoms with Gasteiger partial charge in [0.25, 0.3) is 0 Å². The summed E-state index contributed by atoms with van der Waals surface area (Å²) >= 11 is 0. The molecule has 0 saturated carbocycles. The Morgan fingerprint density at radius 3 is 2.73 bits per heavy atom. The predicted molar refractivity (Wildman–Crippen MR) is 103 cm³/mol. The average molecular weight is 351 g/mol. The third-order valence-electron chi connectivity index (χ3n) is 5.04. The number of fused-ring (bicyclic) bond motifs is 3. The van der Waals surface area contributed by atoms with Crippen LogP contribution in [0.2, 0.25) is 0 Å². The third kappa shape index (κ3) is 3.59. The Morgan fingerprint density at radius 1 is 1.12 bits per heavy atom. The number of piperazine rings is 1. The maximum absolute atomic E-state index is 12.3. The Balaban J connectivity index is 1.55. The number of carbonyl (C=O) groups is 1. The van der Waals surface area contributed by atoms with Crippen LogP contribution in [0.3, 0.4) is 0 Å². The number of nitrogens with zero attached hydrogens (tertiary/aromatic N) is 1. The molecule has 2 aromatic rings. The molecule has 26 heavy (non-hydrogen) atoms. The highest BCUT2D eigenvalue weighted by Gasteiger charge is 2.36. The number of hydrogen-bond donors (Lipinski definition) is 2. The lowest BCUT2D eigenvalue weighted by Gasteiger charge is -2.43. The quantitative estimate of drug-likeness (QED) is 0.889. The van der Waals surface area contributed by atoms with Gasteiger partial charge in [0.05, 0.1) is 23.5 Å². The van der Waals surface area contributed by atoms with Gasteiger partial charge in [0.1, 0.15) is 6.23 Å².